The zero-order valence-electron chi connectivity index (χ0n) is 13.1. The van der Waals surface area contributed by atoms with Crippen molar-refractivity contribution < 1.29 is 0 Å². The Balaban J connectivity index is 1.94. The zero-order chi connectivity index (χ0) is 15.5. The van der Waals surface area contributed by atoms with Gasteiger partial charge in [0.25, 0.3) is 0 Å². The Labute approximate surface area is 130 Å². The summed E-state index contributed by atoms with van der Waals surface area (Å²) in [5.74, 6) is 0.667. The number of fused-ring (bicyclic) bond motifs is 1. The van der Waals surface area contributed by atoms with E-state index in [0.29, 0.717) is 12.5 Å². The van der Waals surface area contributed by atoms with Gasteiger partial charge in [0.05, 0.1) is 17.9 Å². The van der Waals surface area contributed by atoms with E-state index >= 15 is 0 Å². The number of nitrogens with zero attached hydrogens (tertiary/aromatic N) is 4. The summed E-state index contributed by atoms with van der Waals surface area (Å²) >= 11 is 0. The highest BCUT2D eigenvalue weighted by Crippen LogP contribution is 2.33. The van der Waals surface area contributed by atoms with Gasteiger partial charge in [0.15, 0.2) is 0 Å². The molecule has 0 saturated heterocycles. The second kappa shape index (κ2) is 6.05. The first kappa shape index (κ1) is 14.4. The lowest BCUT2D eigenvalue weighted by Crippen LogP contribution is -2.00. The van der Waals surface area contributed by atoms with Crippen LogP contribution in [0.1, 0.15) is 29.3 Å². The number of aryl methyl sites for hydroxylation is 1. The van der Waals surface area contributed by atoms with E-state index in [4.69, 9.17) is 0 Å². The number of hydrogen-bond donors (Lipinski definition) is 1. The van der Waals surface area contributed by atoms with E-state index in [1.165, 1.54) is 11.1 Å². The first-order valence-corrected chi connectivity index (χ1v) is 7.45. The molecule has 1 aliphatic carbocycles. The van der Waals surface area contributed by atoms with Gasteiger partial charge in [-0.05, 0) is 42.7 Å². The lowest BCUT2D eigenvalue weighted by Gasteiger charge is -2.08. The molecule has 0 atom stereocenters. The van der Waals surface area contributed by atoms with Gasteiger partial charge < -0.3 is 5.32 Å². The molecule has 0 amide bonds. The standard InChI is InChI=1S/C17H19N5/c1-4-20-22-15-7-5-12(9-11(15)2)13-6-8-16-14(13)10-19-17(18-3)21-16/h5-7,9-10H,4,8H2,1-3H3,(H,18,19,21). The van der Waals surface area contributed by atoms with Gasteiger partial charge in [-0.2, -0.15) is 10.2 Å². The average molecular weight is 293 g/mol. The molecule has 3 rings (SSSR count). The van der Waals surface area contributed by atoms with Crippen LogP contribution in [0.2, 0.25) is 0 Å². The summed E-state index contributed by atoms with van der Waals surface area (Å²) < 4.78 is 0. The maximum atomic E-state index is 4.52. The lowest BCUT2D eigenvalue weighted by molar-refractivity contribution is 1.00. The van der Waals surface area contributed by atoms with E-state index in [1.807, 2.05) is 26.2 Å². The Bertz CT molecular complexity index is 762. The molecule has 0 fully saturated rings. The molecule has 1 N–H and O–H groups in total. The topological polar surface area (TPSA) is 62.5 Å². The van der Waals surface area contributed by atoms with Gasteiger partial charge in [-0.25, -0.2) is 9.97 Å². The number of allylic oxidation sites excluding steroid dienone is 1. The molecule has 5 nitrogen and oxygen atoms in total. The van der Waals surface area contributed by atoms with Crippen molar-refractivity contribution in [2.24, 2.45) is 10.2 Å². The second-order valence-electron chi connectivity index (χ2n) is 5.18. The average Bonchev–Trinajstić information content (AvgIpc) is 2.96. The molecule has 0 saturated carbocycles. The number of anilines is 1. The quantitative estimate of drug-likeness (QED) is 0.869. The highest BCUT2D eigenvalue weighted by Gasteiger charge is 2.18. The van der Waals surface area contributed by atoms with Crippen LogP contribution in [0.15, 0.2) is 40.7 Å². The third-order valence-corrected chi connectivity index (χ3v) is 3.71. The summed E-state index contributed by atoms with van der Waals surface area (Å²) in [6.45, 7) is 4.74. The molecular weight excluding hydrogens is 274 g/mol. The fourth-order valence-corrected chi connectivity index (χ4v) is 2.58. The predicted molar refractivity (Wildman–Crippen MR) is 88.6 cm³/mol. The first-order valence-electron chi connectivity index (χ1n) is 7.45. The van der Waals surface area contributed by atoms with Crippen LogP contribution in [0.25, 0.3) is 5.57 Å². The van der Waals surface area contributed by atoms with Crippen LogP contribution in [0.3, 0.4) is 0 Å². The third kappa shape index (κ3) is 2.62. The molecule has 0 aliphatic heterocycles. The van der Waals surface area contributed by atoms with Gasteiger partial charge in [0.1, 0.15) is 0 Å². The molecule has 1 aromatic carbocycles. The largest absolute Gasteiger partial charge is 0.357 e. The Morgan fingerprint density at radius 2 is 2.18 bits per heavy atom. The van der Waals surface area contributed by atoms with Crippen LogP contribution in [0.4, 0.5) is 11.6 Å². The summed E-state index contributed by atoms with van der Waals surface area (Å²) in [7, 11) is 1.83. The number of rotatable bonds is 4. The van der Waals surface area contributed by atoms with Crippen LogP contribution >= 0.6 is 0 Å². The Morgan fingerprint density at radius 1 is 1.32 bits per heavy atom. The molecule has 1 aliphatic rings. The Morgan fingerprint density at radius 3 is 2.91 bits per heavy atom. The number of azo groups is 1. The molecule has 0 unspecified atom stereocenters. The monoisotopic (exact) mass is 293 g/mol. The molecule has 2 aromatic rings. The van der Waals surface area contributed by atoms with Crippen molar-refractivity contribution in [3.8, 4) is 0 Å². The van der Waals surface area contributed by atoms with Gasteiger partial charge in [-0.15, -0.1) is 0 Å². The first-order chi connectivity index (χ1) is 10.7. The Hall–Kier alpha value is -2.56. The number of hydrogen-bond acceptors (Lipinski definition) is 5. The second-order valence-corrected chi connectivity index (χ2v) is 5.18. The number of benzene rings is 1. The maximum Gasteiger partial charge on any atom is 0.222 e. The third-order valence-electron chi connectivity index (χ3n) is 3.71. The molecule has 0 spiro atoms. The molecule has 1 aromatic heterocycles. The maximum absolute atomic E-state index is 4.52. The van der Waals surface area contributed by atoms with E-state index < -0.39 is 0 Å². The smallest absolute Gasteiger partial charge is 0.222 e. The molecule has 1 heterocycles. The van der Waals surface area contributed by atoms with Gasteiger partial charge in [0, 0.05) is 25.2 Å². The van der Waals surface area contributed by atoms with Crippen LogP contribution < -0.4 is 5.32 Å². The van der Waals surface area contributed by atoms with Gasteiger partial charge in [0.2, 0.25) is 5.95 Å². The van der Waals surface area contributed by atoms with Crippen molar-refractivity contribution in [2.75, 3.05) is 18.9 Å². The van der Waals surface area contributed by atoms with Crippen LogP contribution in [0.5, 0.6) is 0 Å². The fraction of sp³-hybridized carbons (Fsp3) is 0.294. The molecule has 112 valence electrons. The van der Waals surface area contributed by atoms with Crippen molar-refractivity contribution in [1.82, 2.24) is 9.97 Å². The van der Waals surface area contributed by atoms with E-state index in [0.717, 1.165) is 28.9 Å². The predicted octanol–water partition coefficient (Wildman–Crippen LogP) is 3.92. The van der Waals surface area contributed by atoms with Crippen LogP contribution in [0, 0.1) is 6.92 Å². The highest BCUT2D eigenvalue weighted by molar-refractivity contribution is 5.84. The molecule has 5 heteroatoms. The minimum absolute atomic E-state index is 0.667. The van der Waals surface area contributed by atoms with Gasteiger partial charge in [-0.1, -0.05) is 12.1 Å². The van der Waals surface area contributed by atoms with Crippen molar-refractivity contribution in [1.29, 1.82) is 0 Å². The summed E-state index contributed by atoms with van der Waals surface area (Å²) in [6, 6.07) is 6.26. The minimum Gasteiger partial charge on any atom is -0.357 e. The van der Waals surface area contributed by atoms with Crippen LogP contribution in [-0.4, -0.2) is 23.6 Å². The Kier molecular flexibility index (Phi) is 3.96. The van der Waals surface area contributed by atoms with E-state index in [1.54, 1.807) is 0 Å². The summed E-state index contributed by atoms with van der Waals surface area (Å²) in [5.41, 5.74) is 6.60. The number of aromatic nitrogens is 2. The van der Waals surface area contributed by atoms with Crippen molar-refractivity contribution in [3.05, 3.63) is 52.9 Å². The SMILES string of the molecule is CCN=Nc1ccc(C2=CCc3nc(NC)ncc32)cc1C. The van der Waals surface area contributed by atoms with Crippen molar-refractivity contribution in [3.63, 3.8) is 0 Å². The minimum atomic E-state index is 0.667. The summed E-state index contributed by atoms with van der Waals surface area (Å²) in [4.78, 5) is 8.85. The molecule has 0 bridgehead atoms. The van der Waals surface area contributed by atoms with E-state index in [9.17, 15) is 0 Å². The normalized spacial score (nSPS) is 13.3. The molecule has 22 heavy (non-hydrogen) atoms. The van der Waals surface area contributed by atoms with E-state index in [2.05, 4.69) is 50.6 Å². The summed E-state index contributed by atoms with van der Waals surface area (Å²) in [6.07, 6.45) is 4.95. The lowest BCUT2D eigenvalue weighted by atomic mass is 10.00. The summed E-state index contributed by atoms with van der Waals surface area (Å²) in [5, 5.41) is 11.3. The van der Waals surface area contributed by atoms with Crippen molar-refractivity contribution in [2.45, 2.75) is 20.3 Å². The molecular formula is C17H19N5. The zero-order valence-corrected chi connectivity index (χ0v) is 13.1. The fourth-order valence-electron chi connectivity index (χ4n) is 2.58. The van der Waals surface area contributed by atoms with Crippen molar-refractivity contribution >= 4 is 17.2 Å². The van der Waals surface area contributed by atoms with Crippen LogP contribution in [-0.2, 0) is 6.42 Å². The van der Waals surface area contributed by atoms with Gasteiger partial charge >= 0.3 is 0 Å². The number of nitrogens with one attached hydrogen (secondary N) is 1. The highest BCUT2D eigenvalue weighted by atomic mass is 15.1. The van der Waals surface area contributed by atoms with Gasteiger partial charge in [-0.3, -0.25) is 0 Å². The van der Waals surface area contributed by atoms with E-state index in [-0.39, 0.29) is 0 Å². The molecule has 0 radical (unpaired) electrons.